The number of carbonyl (C=O) groups is 1. The summed E-state index contributed by atoms with van der Waals surface area (Å²) in [7, 11) is -7.01. The third kappa shape index (κ3) is 7.01. The quantitative estimate of drug-likeness (QED) is 0.422. The van der Waals surface area contributed by atoms with Crippen molar-refractivity contribution in [1.82, 2.24) is 14.3 Å². The number of nitrogens with one attached hydrogen (secondary N) is 2. The zero-order chi connectivity index (χ0) is 18.2. The second-order valence-electron chi connectivity index (χ2n) is 5.72. The maximum atomic E-state index is 12.5. The number of carbonyl (C=O) groups excluding carboxylic acids is 1. The van der Waals surface area contributed by atoms with E-state index in [0.717, 1.165) is 12.8 Å². The molecule has 1 rings (SSSR count). The minimum absolute atomic E-state index is 0.0907. The SMILES string of the molecule is CCS(=O)(=O)NCCS(=O)(=O)N1CCCCC1CNC(=O)CCN. The van der Waals surface area contributed by atoms with Crippen molar-refractivity contribution in [1.29, 1.82) is 0 Å². The van der Waals surface area contributed by atoms with Crippen molar-refractivity contribution < 1.29 is 21.6 Å². The Bertz CT molecular complexity index is 606. The van der Waals surface area contributed by atoms with Crippen molar-refractivity contribution >= 4 is 26.0 Å². The number of piperidine rings is 1. The van der Waals surface area contributed by atoms with Gasteiger partial charge in [0.15, 0.2) is 0 Å². The predicted octanol–water partition coefficient (Wildman–Crippen LogP) is -1.42. The Kier molecular flexibility index (Phi) is 8.57. The van der Waals surface area contributed by atoms with E-state index in [1.54, 1.807) is 0 Å². The molecule has 142 valence electrons. The molecule has 0 aliphatic carbocycles. The first-order valence-corrected chi connectivity index (χ1v) is 11.4. The topological polar surface area (TPSA) is 139 Å². The van der Waals surface area contributed by atoms with Crippen LogP contribution in [-0.4, -0.2) is 70.8 Å². The first-order valence-electron chi connectivity index (χ1n) is 8.15. The van der Waals surface area contributed by atoms with Crippen LogP contribution in [0.3, 0.4) is 0 Å². The standard InChI is InChI=1S/C13H28N4O5S2/c1-2-23(19,20)16-8-10-24(21,22)17-9-4-3-5-12(17)11-15-13(18)6-7-14/h12,16H,2-11,14H2,1H3,(H,15,18). The van der Waals surface area contributed by atoms with Gasteiger partial charge in [0.2, 0.25) is 26.0 Å². The summed E-state index contributed by atoms with van der Waals surface area (Å²) in [6.07, 6.45) is 2.53. The second-order valence-corrected chi connectivity index (χ2v) is 9.85. The van der Waals surface area contributed by atoms with E-state index in [1.807, 2.05) is 0 Å². The van der Waals surface area contributed by atoms with Gasteiger partial charge in [0.25, 0.3) is 0 Å². The van der Waals surface area contributed by atoms with Crippen LogP contribution in [0.5, 0.6) is 0 Å². The van der Waals surface area contributed by atoms with E-state index in [9.17, 15) is 21.6 Å². The minimum atomic E-state index is -3.59. The van der Waals surface area contributed by atoms with Crippen LogP contribution in [0.4, 0.5) is 0 Å². The van der Waals surface area contributed by atoms with Crippen LogP contribution in [0, 0.1) is 0 Å². The molecule has 0 saturated carbocycles. The molecule has 1 atom stereocenters. The van der Waals surface area contributed by atoms with Gasteiger partial charge in [-0.15, -0.1) is 0 Å². The predicted molar refractivity (Wildman–Crippen MR) is 92.3 cm³/mol. The highest BCUT2D eigenvalue weighted by Gasteiger charge is 2.32. The van der Waals surface area contributed by atoms with Crippen molar-refractivity contribution in [2.75, 3.05) is 37.7 Å². The molecule has 1 fully saturated rings. The van der Waals surface area contributed by atoms with Gasteiger partial charge in [-0.25, -0.2) is 21.6 Å². The van der Waals surface area contributed by atoms with Crippen molar-refractivity contribution in [3.63, 3.8) is 0 Å². The Hall–Kier alpha value is -0.750. The Morgan fingerprint density at radius 2 is 1.96 bits per heavy atom. The van der Waals surface area contributed by atoms with Crippen LogP contribution in [0.1, 0.15) is 32.6 Å². The average molecular weight is 385 g/mol. The van der Waals surface area contributed by atoms with E-state index in [-0.39, 0.29) is 49.5 Å². The molecule has 1 amide bonds. The summed E-state index contributed by atoms with van der Waals surface area (Å²) in [6.45, 7) is 2.22. The maximum absolute atomic E-state index is 12.5. The van der Waals surface area contributed by atoms with Crippen LogP contribution < -0.4 is 15.8 Å². The smallest absolute Gasteiger partial charge is 0.221 e. The summed E-state index contributed by atoms with van der Waals surface area (Å²) in [6, 6.07) is -0.298. The first-order chi connectivity index (χ1) is 11.2. The van der Waals surface area contributed by atoms with Gasteiger partial charge in [-0.2, -0.15) is 4.31 Å². The Labute approximate surface area is 144 Å². The van der Waals surface area contributed by atoms with Crippen LogP contribution in [0.25, 0.3) is 0 Å². The summed E-state index contributed by atoms with van der Waals surface area (Å²) >= 11 is 0. The molecule has 1 saturated heterocycles. The van der Waals surface area contributed by atoms with Crippen molar-refractivity contribution in [2.24, 2.45) is 5.73 Å². The molecule has 11 heteroatoms. The third-order valence-corrected chi connectivity index (χ3v) is 7.22. The number of nitrogens with zero attached hydrogens (tertiary/aromatic N) is 1. The van der Waals surface area contributed by atoms with Gasteiger partial charge in [0, 0.05) is 38.6 Å². The van der Waals surface area contributed by atoms with Gasteiger partial charge >= 0.3 is 0 Å². The summed E-state index contributed by atoms with van der Waals surface area (Å²) in [4.78, 5) is 11.5. The second kappa shape index (κ2) is 9.66. The van der Waals surface area contributed by atoms with Gasteiger partial charge in [0.05, 0.1) is 11.5 Å². The number of rotatable bonds is 10. The molecule has 4 N–H and O–H groups in total. The molecule has 1 heterocycles. The fraction of sp³-hybridized carbons (Fsp3) is 0.923. The minimum Gasteiger partial charge on any atom is -0.354 e. The van der Waals surface area contributed by atoms with E-state index >= 15 is 0 Å². The third-order valence-electron chi connectivity index (χ3n) is 3.90. The normalized spacial score (nSPS) is 20.0. The number of hydrogen-bond donors (Lipinski definition) is 3. The summed E-state index contributed by atoms with van der Waals surface area (Å²) in [5.41, 5.74) is 5.31. The van der Waals surface area contributed by atoms with E-state index in [2.05, 4.69) is 10.0 Å². The van der Waals surface area contributed by atoms with Crippen LogP contribution in [0.2, 0.25) is 0 Å². The molecular weight excluding hydrogens is 356 g/mol. The number of hydrogen-bond acceptors (Lipinski definition) is 6. The first kappa shape index (κ1) is 21.3. The highest BCUT2D eigenvalue weighted by Crippen LogP contribution is 2.20. The molecule has 0 aromatic carbocycles. The molecule has 1 aliphatic rings. The van der Waals surface area contributed by atoms with E-state index in [0.29, 0.717) is 13.0 Å². The lowest BCUT2D eigenvalue weighted by molar-refractivity contribution is -0.121. The molecule has 0 spiro atoms. The lowest BCUT2D eigenvalue weighted by Gasteiger charge is -2.34. The van der Waals surface area contributed by atoms with Crippen molar-refractivity contribution in [3.05, 3.63) is 0 Å². The van der Waals surface area contributed by atoms with Crippen LogP contribution >= 0.6 is 0 Å². The molecule has 1 unspecified atom stereocenters. The highest BCUT2D eigenvalue weighted by atomic mass is 32.2. The number of amides is 1. The zero-order valence-electron chi connectivity index (χ0n) is 14.0. The fourth-order valence-corrected chi connectivity index (χ4v) is 4.92. The fourth-order valence-electron chi connectivity index (χ4n) is 2.54. The Morgan fingerprint density at radius 1 is 1.25 bits per heavy atom. The molecule has 24 heavy (non-hydrogen) atoms. The number of sulfonamides is 2. The Balaban J connectivity index is 2.62. The largest absolute Gasteiger partial charge is 0.354 e. The van der Waals surface area contributed by atoms with Gasteiger partial charge in [-0.05, 0) is 19.8 Å². The highest BCUT2D eigenvalue weighted by molar-refractivity contribution is 7.90. The van der Waals surface area contributed by atoms with Crippen LogP contribution in [-0.2, 0) is 24.8 Å². The summed E-state index contributed by atoms with van der Waals surface area (Å²) < 4.78 is 51.4. The lowest BCUT2D eigenvalue weighted by atomic mass is 10.1. The molecule has 0 bridgehead atoms. The average Bonchev–Trinajstić information content (AvgIpc) is 2.53. The monoisotopic (exact) mass is 384 g/mol. The summed E-state index contributed by atoms with van der Waals surface area (Å²) in [5, 5.41) is 2.71. The van der Waals surface area contributed by atoms with Gasteiger partial charge < -0.3 is 11.1 Å². The van der Waals surface area contributed by atoms with Crippen molar-refractivity contribution in [2.45, 2.75) is 38.6 Å². The van der Waals surface area contributed by atoms with Gasteiger partial charge in [0.1, 0.15) is 0 Å². The lowest BCUT2D eigenvalue weighted by Crippen LogP contribution is -2.51. The van der Waals surface area contributed by atoms with Crippen molar-refractivity contribution in [3.8, 4) is 0 Å². The Morgan fingerprint density at radius 3 is 2.58 bits per heavy atom. The summed E-state index contributed by atoms with van der Waals surface area (Å²) in [5.74, 6) is -0.581. The van der Waals surface area contributed by atoms with Crippen LogP contribution in [0.15, 0.2) is 0 Å². The zero-order valence-corrected chi connectivity index (χ0v) is 15.7. The molecule has 0 radical (unpaired) electrons. The van der Waals surface area contributed by atoms with E-state index in [4.69, 9.17) is 5.73 Å². The molecule has 9 nitrogen and oxygen atoms in total. The van der Waals surface area contributed by atoms with Gasteiger partial charge in [-0.3, -0.25) is 4.79 Å². The molecule has 0 aromatic rings. The van der Waals surface area contributed by atoms with E-state index in [1.165, 1.54) is 11.2 Å². The van der Waals surface area contributed by atoms with E-state index < -0.39 is 20.0 Å². The molecular formula is C13H28N4O5S2. The molecule has 1 aliphatic heterocycles. The number of nitrogens with two attached hydrogens (primary N) is 1. The maximum Gasteiger partial charge on any atom is 0.221 e. The molecule has 0 aromatic heterocycles. The van der Waals surface area contributed by atoms with Gasteiger partial charge in [-0.1, -0.05) is 6.42 Å².